The molecule has 2 heteroatoms. The Hall–Kier alpha value is 0.355. The largest absolute Gasteiger partial charge is 0.127 e. The van der Waals surface area contributed by atoms with Gasteiger partial charge in [0.25, 0.3) is 0 Å². The molecule has 0 aromatic carbocycles. The second-order valence-electron chi connectivity index (χ2n) is 6.21. The number of hydrogen-bond donors (Lipinski definition) is 0. The standard InChI is InChI=1S/C15H30BCl/c1-7-13(9-10-17)11(3)14(16)12(4)15(5,6)8-2/h11-14H,7-10H2,1-6H3. The van der Waals surface area contributed by atoms with E-state index in [4.69, 9.17) is 19.4 Å². The van der Waals surface area contributed by atoms with Crippen LogP contribution >= 0.6 is 11.6 Å². The van der Waals surface area contributed by atoms with E-state index in [0.29, 0.717) is 23.2 Å². The molecule has 0 rings (SSSR count). The topological polar surface area (TPSA) is 0 Å². The molecule has 0 nitrogen and oxygen atoms in total. The molecule has 100 valence electrons. The van der Waals surface area contributed by atoms with Gasteiger partial charge in [0, 0.05) is 5.88 Å². The molecule has 0 heterocycles. The van der Waals surface area contributed by atoms with E-state index in [2.05, 4.69) is 41.5 Å². The highest BCUT2D eigenvalue weighted by atomic mass is 35.5. The van der Waals surface area contributed by atoms with Gasteiger partial charge in [0.2, 0.25) is 0 Å². The van der Waals surface area contributed by atoms with E-state index in [0.717, 1.165) is 12.3 Å². The summed E-state index contributed by atoms with van der Waals surface area (Å²) in [6, 6.07) is 0. The van der Waals surface area contributed by atoms with Crippen LogP contribution in [0.3, 0.4) is 0 Å². The highest BCUT2D eigenvalue weighted by molar-refractivity contribution is 6.17. The molecule has 2 radical (unpaired) electrons. The summed E-state index contributed by atoms with van der Waals surface area (Å²) in [5.74, 6) is 2.79. The van der Waals surface area contributed by atoms with Gasteiger partial charge in [0.15, 0.2) is 0 Å². The highest BCUT2D eigenvalue weighted by Gasteiger charge is 2.32. The van der Waals surface area contributed by atoms with Gasteiger partial charge in [-0.15, -0.1) is 11.6 Å². The highest BCUT2D eigenvalue weighted by Crippen LogP contribution is 2.43. The zero-order chi connectivity index (χ0) is 13.6. The zero-order valence-electron chi connectivity index (χ0n) is 12.6. The second kappa shape index (κ2) is 7.72. The van der Waals surface area contributed by atoms with Gasteiger partial charge >= 0.3 is 0 Å². The van der Waals surface area contributed by atoms with Gasteiger partial charge in [-0.2, -0.15) is 0 Å². The van der Waals surface area contributed by atoms with E-state index in [1.807, 2.05) is 0 Å². The van der Waals surface area contributed by atoms with E-state index in [9.17, 15) is 0 Å². The van der Waals surface area contributed by atoms with Crippen molar-refractivity contribution in [2.24, 2.45) is 23.2 Å². The van der Waals surface area contributed by atoms with E-state index in [1.165, 1.54) is 12.8 Å². The number of hydrogen-bond acceptors (Lipinski definition) is 0. The lowest BCUT2D eigenvalue weighted by Gasteiger charge is -2.40. The minimum atomic E-state index is 0.276. The first-order valence-corrected chi connectivity index (χ1v) is 7.66. The van der Waals surface area contributed by atoms with Crippen LogP contribution < -0.4 is 0 Å². The monoisotopic (exact) mass is 256 g/mol. The Morgan fingerprint density at radius 2 is 1.71 bits per heavy atom. The summed E-state index contributed by atoms with van der Waals surface area (Å²) in [6.45, 7) is 13.8. The molecule has 0 bridgehead atoms. The predicted octanol–water partition coefficient (Wildman–Crippen LogP) is 5.31. The van der Waals surface area contributed by atoms with Crippen molar-refractivity contribution in [3.05, 3.63) is 0 Å². The normalized spacial score (nSPS) is 19.7. The van der Waals surface area contributed by atoms with Gasteiger partial charge < -0.3 is 0 Å². The maximum Gasteiger partial charge on any atom is 0.0707 e. The van der Waals surface area contributed by atoms with Crippen LogP contribution in [0.4, 0.5) is 0 Å². The molecule has 4 atom stereocenters. The van der Waals surface area contributed by atoms with Gasteiger partial charge in [-0.05, 0) is 29.6 Å². The van der Waals surface area contributed by atoms with Crippen molar-refractivity contribution in [1.82, 2.24) is 0 Å². The average Bonchev–Trinajstić information content (AvgIpc) is 2.33. The van der Waals surface area contributed by atoms with Crippen molar-refractivity contribution < 1.29 is 0 Å². The molecule has 0 aliphatic carbocycles. The average molecular weight is 257 g/mol. The van der Waals surface area contributed by atoms with Gasteiger partial charge in [0.1, 0.15) is 0 Å². The summed E-state index contributed by atoms with van der Waals surface area (Å²) in [6.07, 6.45) is 3.45. The molecule has 0 saturated carbocycles. The number of halogens is 1. The number of alkyl halides is 1. The lowest BCUT2D eigenvalue weighted by molar-refractivity contribution is 0.164. The van der Waals surface area contributed by atoms with Crippen LogP contribution in [0.15, 0.2) is 0 Å². The zero-order valence-corrected chi connectivity index (χ0v) is 13.3. The van der Waals surface area contributed by atoms with E-state index in [1.54, 1.807) is 0 Å². The molecule has 4 unspecified atom stereocenters. The Morgan fingerprint density at radius 3 is 2.06 bits per heavy atom. The Bertz CT molecular complexity index is 203. The second-order valence-corrected chi connectivity index (χ2v) is 6.59. The van der Waals surface area contributed by atoms with Gasteiger partial charge in [-0.25, -0.2) is 0 Å². The summed E-state index contributed by atoms with van der Waals surface area (Å²) >= 11 is 5.88. The van der Waals surface area contributed by atoms with Crippen molar-refractivity contribution in [1.29, 1.82) is 0 Å². The fourth-order valence-corrected chi connectivity index (χ4v) is 2.87. The summed E-state index contributed by atoms with van der Waals surface area (Å²) in [5, 5.41) is 0. The van der Waals surface area contributed by atoms with Crippen molar-refractivity contribution in [2.75, 3.05) is 5.88 Å². The van der Waals surface area contributed by atoms with Crippen LogP contribution in [0.5, 0.6) is 0 Å². The summed E-state index contributed by atoms with van der Waals surface area (Å²) < 4.78 is 0. The van der Waals surface area contributed by atoms with Gasteiger partial charge in [0.05, 0.1) is 7.85 Å². The summed E-state index contributed by atoms with van der Waals surface area (Å²) in [5.41, 5.74) is 0.326. The van der Waals surface area contributed by atoms with E-state index < -0.39 is 0 Å². The third-order valence-corrected chi connectivity index (χ3v) is 5.29. The van der Waals surface area contributed by atoms with E-state index >= 15 is 0 Å². The van der Waals surface area contributed by atoms with Crippen LogP contribution in [0.25, 0.3) is 0 Å². The SMILES string of the molecule is [B]C(C(C)C(CC)CCCl)C(C)C(C)(C)CC. The first-order chi connectivity index (χ1) is 7.81. The first kappa shape index (κ1) is 17.4. The van der Waals surface area contributed by atoms with Gasteiger partial charge in [-0.1, -0.05) is 60.2 Å². The van der Waals surface area contributed by atoms with Crippen molar-refractivity contribution in [3.63, 3.8) is 0 Å². The first-order valence-electron chi connectivity index (χ1n) is 7.13. The molecule has 17 heavy (non-hydrogen) atoms. The van der Waals surface area contributed by atoms with Crippen LogP contribution in [0.2, 0.25) is 5.82 Å². The van der Waals surface area contributed by atoms with Crippen molar-refractivity contribution >= 4 is 19.4 Å². The fraction of sp³-hybridized carbons (Fsp3) is 1.00. The summed E-state index contributed by atoms with van der Waals surface area (Å²) in [7, 11) is 6.49. The Labute approximate surface area is 115 Å². The predicted molar refractivity (Wildman–Crippen MR) is 81.0 cm³/mol. The smallest absolute Gasteiger partial charge is 0.0707 e. The van der Waals surface area contributed by atoms with Crippen LogP contribution in [-0.4, -0.2) is 13.7 Å². The molecule has 0 fully saturated rings. The lowest BCUT2D eigenvalue weighted by Crippen LogP contribution is -2.31. The molecule has 0 aliphatic rings. The van der Waals surface area contributed by atoms with Crippen LogP contribution in [-0.2, 0) is 0 Å². The minimum absolute atomic E-state index is 0.276. The molecular weight excluding hydrogens is 226 g/mol. The summed E-state index contributed by atoms with van der Waals surface area (Å²) in [4.78, 5) is 0. The quantitative estimate of drug-likeness (QED) is 0.408. The Kier molecular flexibility index (Phi) is 7.88. The van der Waals surface area contributed by atoms with Crippen LogP contribution in [0.1, 0.15) is 60.8 Å². The molecule has 0 amide bonds. The molecular formula is C15H30BCl. The maximum atomic E-state index is 6.49. The number of rotatable bonds is 8. The molecule has 0 aliphatic heterocycles. The Morgan fingerprint density at radius 1 is 1.18 bits per heavy atom. The minimum Gasteiger partial charge on any atom is -0.127 e. The fourth-order valence-electron chi connectivity index (χ4n) is 2.59. The Balaban J connectivity index is 4.61. The third-order valence-electron chi connectivity index (χ3n) is 5.08. The molecule has 0 aromatic rings. The van der Waals surface area contributed by atoms with Crippen molar-refractivity contribution in [2.45, 2.75) is 66.6 Å². The van der Waals surface area contributed by atoms with Crippen molar-refractivity contribution in [3.8, 4) is 0 Å². The molecule has 0 saturated heterocycles. The van der Waals surface area contributed by atoms with Gasteiger partial charge in [-0.3, -0.25) is 0 Å². The lowest BCUT2D eigenvalue weighted by atomic mass is 9.58. The van der Waals surface area contributed by atoms with Crippen LogP contribution in [0, 0.1) is 23.2 Å². The molecule has 0 aromatic heterocycles. The van der Waals surface area contributed by atoms with E-state index in [-0.39, 0.29) is 5.82 Å². The third kappa shape index (κ3) is 4.85. The molecule has 0 spiro atoms. The molecule has 0 N–H and O–H groups in total. The maximum absolute atomic E-state index is 6.49.